The van der Waals surface area contributed by atoms with Crippen LogP contribution >= 0.6 is 0 Å². The molecule has 0 saturated carbocycles. The van der Waals surface area contributed by atoms with Crippen LogP contribution < -0.4 is 14.9 Å². The maximum Gasteiger partial charge on any atom is 0.488 e. The number of rotatable bonds is 5. The van der Waals surface area contributed by atoms with Gasteiger partial charge in [-0.2, -0.15) is 0 Å². The molecule has 0 aliphatic rings. The van der Waals surface area contributed by atoms with Crippen LogP contribution in [-0.2, 0) is 0 Å². The summed E-state index contributed by atoms with van der Waals surface area (Å²) in [6, 6.07) is 4.54. The molecule has 0 heterocycles. The lowest BCUT2D eigenvalue weighted by molar-refractivity contribution is 0.196. The molecular formula is C9H13BO5. The third kappa shape index (κ3) is 3.12. The number of methoxy groups -OCH3 is 1. The molecule has 3 N–H and O–H groups in total. The van der Waals surface area contributed by atoms with E-state index in [0.717, 1.165) is 0 Å². The Balaban J connectivity index is 2.88. The molecule has 1 rings (SSSR count). The van der Waals surface area contributed by atoms with Gasteiger partial charge in [0.25, 0.3) is 0 Å². The zero-order valence-electron chi connectivity index (χ0n) is 8.38. The van der Waals surface area contributed by atoms with Gasteiger partial charge in [-0.1, -0.05) is 6.07 Å². The van der Waals surface area contributed by atoms with Gasteiger partial charge in [0.15, 0.2) is 11.5 Å². The smallest absolute Gasteiger partial charge is 0.488 e. The Bertz CT molecular complexity index is 315. The Kier molecular flexibility index (Phi) is 4.42. The van der Waals surface area contributed by atoms with Gasteiger partial charge < -0.3 is 24.6 Å². The normalized spacial score (nSPS) is 9.87. The van der Waals surface area contributed by atoms with Crippen molar-refractivity contribution in [1.29, 1.82) is 0 Å². The van der Waals surface area contributed by atoms with E-state index in [9.17, 15) is 0 Å². The lowest BCUT2D eigenvalue weighted by Gasteiger charge is -2.10. The van der Waals surface area contributed by atoms with E-state index in [1.54, 1.807) is 6.07 Å². The molecule has 82 valence electrons. The summed E-state index contributed by atoms with van der Waals surface area (Å²) in [7, 11) is -0.0833. The first-order valence-electron chi connectivity index (χ1n) is 4.46. The second-order valence-electron chi connectivity index (χ2n) is 2.86. The molecule has 0 spiro atoms. The third-order valence-corrected chi connectivity index (χ3v) is 1.83. The van der Waals surface area contributed by atoms with Crippen molar-refractivity contribution in [1.82, 2.24) is 0 Å². The maximum atomic E-state index is 8.93. The Morgan fingerprint density at radius 1 is 1.27 bits per heavy atom. The SMILES string of the molecule is COc1cc(B(O)O)ccc1OCCO. The number of hydrogen-bond donors (Lipinski definition) is 3. The van der Waals surface area contributed by atoms with E-state index in [1.165, 1.54) is 19.2 Å². The summed E-state index contributed by atoms with van der Waals surface area (Å²) < 4.78 is 10.2. The van der Waals surface area contributed by atoms with Gasteiger partial charge in [-0.05, 0) is 17.6 Å². The Hall–Kier alpha value is -1.24. The number of hydrogen-bond acceptors (Lipinski definition) is 5. The summed E-state index contributed by atoms with van der Waals surface area (Å²) in [6.45, 7) is 0.0743. The van der Waals surface area contributed by atoms with Crippen LogP contribution in [0.1, 0.15) is 0 Å². The highest BCUT2D eigenvalue weighted by Crippen LogP contribution is 2.24. The molecule has 1 aromatic rings. The molecular weight excluding hydrogens is 199 g/mol. The summed E-state index contributed by atoms with van der Waals surface area (Å²) >= 11 is 0. The molecule has 0 radical (unpaired) electrons. The van der Waals surface area contributed by atoms with Crippen molar-refractivity contribution in [2.45, 2.75) is 0 Å². The fraction of sp³-hybridized carbons (Fsp3) is 0.333. The van der Waals surface area contributed by atoms with E-state index in [1.807, 2.05) is 0 Å². The molecule has 15 heavy (non-hydrogen) atoms. The van der Waals surface area contributed by atoms with Crippen molar-refractivity contribution in [3.05, 3.63) is 18.2 Å². The van der Waals surface area contributed by atoms with E-state index in [-0.39, 0.29) is 13.2 Å². The van der Waals surface area contributed by atoms with Crippen molar-refractivity contribution in [3.63, 3.8) is 0 Å². The van der Waals surface area contributed by atoms with Crippen molar-refractivity contribution in [2.75, 3.05) is 20.3 Å². The summed E-state index contributed by atoms with van der Waals surface area (Å²) in [5, 5.41) is 26.4. The summed E-state index contributed by atoms with van der Waals surface area (Å²) in [4.78, 5) is 0. The van der Waals surface area contributed by atoms with Crippen LogP contribution in [-0.4, -0.2) is 42.6 Å². The van der Waals surface area contributed by atoms with Crippen molar-refractivity contribution >= 4 is 12.6 Å². The number of aliphatic hydroxyl groups is 1. The standard InChI is InChI=1S/C9H13BO5/c1-14-9-6-7(10(12)13)2-3-8(9)15-5-4-11/h2-3,6,11-13H,4-5H2,1H3. The molecule has 0 bridgehead atoms. The Morgan fingerprint density at radius 3 is 2.53 bits per heavy atom. The molecule has 0 fully saturated rings. The highest BCUT2D eigenvalue weighted by molar-refractivity contribution is 6.58. The minimum absolute atomic E-state index is 0.0898. The fourth-order valence-corrected chi connectivity index (χ4v) is 1.12. The molecule has 0 aliphatic heterocycles. The van der Waals surface area contributed by atoms with Gasteiger partial charge >= 0.3 is 7.12 Å². The van der Waals surface area contributed by atoms with Gasteiger partial charge in [0.05, 0.1) is 13.7 Å². The molecule has 6 heteroatoms. The number of aliphatic hydroxyl groups excluding tert-OH is 1. The summed E-state index contributed by atoms with van der Waals surface area (Å²) in [6.07, 6.45) is 0. The van der Waals surface area contributed by atoms with E-state index < -0.39 is 7.12 Å². The largest absolute Gasteiger partial charge is 0.493 e. The highest BCUT2D eigenvalue weighted by Gasteiger charge is 2.14. The Labute approximate surface area is 88.0 Å². The molecule has 0 atom stereocenters. The average Bonchev–Trinajstić information content (AvgIpc) is 2.25. The molecule has 0 saturated heterocycles. The minimum Gasteiger partial charge on any atom is -0.493 e. The average molecular weight is 212 g/mol. The van der Waals surface area contributed by atoms with Crippen molar-refractivity contribution in [3.8, 4) is 11.5 Å². The quantitative estimate of drug-likeness (QED) is 0.531. The van der Waals surface area contributed by atoms with Gasteiger partial charge in [-0.15, -0.1) is 0 Å². The third-order valence-electron chi connectivity index (χ3n) is 1.83. The lowest BCUT2D eigenvalue weighted by atomic mass is 9.80. The lowest BCUT2D eigenvalue weighted by Crippen LogP contribution is -2.29. The van der Waals surface area contributed by atoms with Gasteiger partial charge in [-0.3, -0.25) is 0 Å². The van der Waals surface area contributed by atoms with Gasteiger partial charge in [0, 0.05) is 0 Å². The van der Waals surface area contributed by atoms with Crippen molar-refractivity contribution in [2.24, 2.45) is 0 Å². The van der Waals surface area contributed by atoms with Crippen LogP contribution in [0.25, 0.3) is 0 Å². The van der Waals surface area contributed by atoms with Crippen molar-refractivity contribution < 1.29 is 24.6 Å². The second-order valence-corrected chi connectivity index (χ2v) is 2.86. The van der Waals surface area contributed by atoms with Crippen LogP contribution in [0.3, 0.4) is 0 Å². The first kappa shape index (κ1) is 11.8. The van der Waals surface area contributed by atoms with Gasteiger partial charge in [0.1, 0.15) is 6.61 Å². The minimum atomic E-state index is -1.54. The van der Waals surface area contributed by atoms with E-state index in [4.69, 9.17) is 24.6 Å². The summed E-state index contributed by atoms with van der Waals surface area (Å²) in [5.41, 5.74) is 0.322. The molecule has 1 aromatic carbocycles. The highest BCUT2D eigenvalue weighted by atomic mass is 16.5. The van der Waals surface area contributed by atoms with Gasteiger partial charge in [-0.25, -0.2) is 0 Å². The molecule has 0 aliphatic carbocycles. The molecule has 5 nitrogen and oxygen atoms in total. The van der Waals surface area contributed by atoms with E-state index in [2.05, 4.69) is 0 Å². The maximum absolute atomic E-state index is 8.93. The second kappa shape index (κ2) is 5.60. The van der Waals surface area contributed by atoms with Crippen LogP contribution in [0.15, 0.2) is 18.2 Å². The molecule has 0 aromatic heterocycles. The number of benzene rings is 1. The monoisotopic (exact) mass is 212 g/mol. The zero-order chi connectivity index (χ0) is 11.3. The topological polar surface area (TPSA) is 79.2 Å². The summed E-state index contributed by atoms with van der Waals surface area (Å²) in [5.74, 6) is 0.852. The Morgan fingerprint density at radius 2 is 2.00 bits per heavy atom. The predicted octanol–water partition coefficient (Wildman–Crippen LogP) is -1.25. The van der Waals surface area contributed by atoms with Crippen LogP contribution in [0.5, 0.6) is 11.5 Å². The first-order chi connectivity index (χ1) is 7.19. The van der Waals surface area contributed by atoms with Crippen LogP contribution in [0.2, 0.25) is 0 Å². The van der Waals surface area contributed by atoms with Crippen LogP contribution in [0, 0.1) is 0 Å². The van der Waals surface area contributed by atoms with Crippen LogP contribution in [0.4, 0.5) is 0 Å². The first-order valence-corrected chi connectivity index (χ1v) is 4.46. The molecule has 0 amide bonds. The molecule has 0 unspecified atom stereocenters. The van der Waals surface area contributed by atoms with Gasteiger partial charge in [0.2, 0.25) is 0 Å². The fourth-order valence-electron chi connectivity index (χ4n) is 1.12. The van der Waals surface area contributed by atoms with E-state index in [0.29, 0.717) is 17.0 Å². The number of ether oxygens (including phenoxy) is 2. The zero-order valence-corrected chi connectivity index (χ0v) is 8.38. The van der Waals surface area contributed by atoms with E-state index >= 15 is 0 Å². The predicted molar refractivity (Wildman–Crippen MR) is 55.4 cm³/mol.